The molecule has 1 heterocycles. The van der Waals surface area contributed by atoms with Gasteiger partial charge < -0.3 is 10.1 Å². The number of rotatable bonds is 0. The molecule has 1 aromatic rings. The summed E-state index contributed by atoms with van der Waals surface area (Å²) in [5.74, 6) is 0. The Labute approximate surface area is 86.5 Å². The summed E-state index contributed by atoms with van der Waals surface area (Å²) in [6.07, 6.45) is 1.91. The third-order valence-electron chi connectivity index (χ3n) is 1.78. The van der Waals surface area contributed by atoms with E-state index in [9.17, 15) is 0 Å². The van der Waals surface area contributed by atoms with Gasteiger partial charge in [0.25, 0.3) is 0 Å². The summed E-state index contributed by atoms with van der Waals surface area (Å²) in [5.41, 5.74) is 2.72. The molecule has 0 bridgehead atoms. The van der Waals surface area contributed by atoms with Crippen LogP contribution in [0.15, 0.2) is 22.7 Å². The van der Waals surface area contributed by atoms with E-state index in [2.05, 4.69) is 39.4 Å². The van der Waals surface area contributed by atoms with Crippen molar-refractivity contribution in [1.82, 2.24) is 0 Å². The third kappa shape index (κ3) is 2.84. The number of aldehydes is 1. The number of nitrogens with one attached hydrogen (secondary N) is 1. The van der Waals surface area contributed by atoms with Gasteiger partial charge in [0, 0.05) is 16.7 Å². The van der Waals surface area contributed by atoms with Gasteiger partial charge in [-0.05, 0) is 37.1 Å². The molecule has 2 nitrogen and oxygen atoms in total. The minimum atomic E-state index is 0.750. The second kappa shape index (κ2) is 5.02. The largest absolute Gasteiger partial charge is 0.384 e. The maximum Gasteiger partial charge on any atom is 0.116 e. The highest BCUT2D eigenvalue weighted by atomic mass is 79.9. The summed E-state index contributed by atoms with van der Waals surface area (Å²) in [5, 5.41) is 3.31. The molecule has 0 aromatic heterocycles. The summed E-state index contributed by atoms with van der Waals surface area (Å²) >= 11 is 3.44. The first-order valence-electron chi connectivity index (χ1n) is 4.20. The van der Waals surface area contributed by atoms with E-state index in [1.807, 2.05) is 0 Å². The number of anilines is 1. The van der Waals surface area contributed by atoms with Crippen LogP contribution in [0.3, 0.4) is 0 Å². The van der Waals surface area contributed by atoms with E-state index in [4.69, 9.17) is 4.79 Å². The summed E-state index contributed by atoms with van der Waals surface area (Å²) in [6, 6.07) is 6.36. The zero-order chi connectivity index (χ0) is 9.68. The average molecular weight is 242 g/mol. The van der Waals surface area contributed by atoms with Gasteiger partial charge in [0.1, 0.15) is 6.29 Å². The van der Waals surface area contributed by atoms with Crippen molar-refractivity contribution in [2.45, 2.75) is 13.3 Å². The van der Waals surface area contributed by atoms with Crippen molar-refractivity contribution in [1.29, 1.82) is 0 Å². The summed E-state index contributed by atoms with van der Waals surface area (Å²) in [4.78, 5) is 8.81. The molecule has 0 aliphatic carbocycles. The highest BCUT2D eigenvalue weighted by Gasteiger charge is 2.08. The Balaban J connectivity index is 0.000000251. The summed E-state index contributed by atoms with van der Waals surface area (Å²) in [7, 11) is 0. The van der Waals surface area contributed by atoms with Crippen LogP contribution in [-0.4, -0.2) is 12.8 Å². The molecule has 0 unspecified atom stereocenters. The van der Waals surface area contributed by atoms with Gasteiger partial charge in [0.15, 0.2) is 0 Å². The number of halogens is 1. The zero-order valence-corrected chi connectivity index (χ0v) is 9.10. The van der Waals surface area contributed by atoms with Crippen molar-refractivity contribution in [2.75, 3.05) is 11.9 Å². The van der Waals surface area contributed by atoms with E-state index in [0.717, 1.165) is 19.3 Å². The predicted molar refractivity (Wildman–Crippen MR) is 58.1 cm³/mol. The van der Waals surface area contributed by atoms with Crippen LogP contribution in [-0.2, 0) is 11.2 Å². The van der Waals surface area contributed by atoms with Crippen molar-refractivity contribution < 1.29 is 4.79 Å². The summed E-state index contributed by atoms with van der Waals surface area (Å²) in [6.45, 7) is 2.53. The SMILES string of the molecule is Brc1ccc2c(c1)CCN2.CC=O. The Kier molecular flexibility index (Phi) is 3.96. The van der Waals surface area contributed by atoms with Gasteiger partial charge in [-0.1, -0.05) is 15.9 Å². The highest BCUT2D eigenvalue weighted by Crippen LogP contribution is 2.24. The lowest BCUT2D eigenvalue weighted by molar-refractivity contribution is -0.106. The Morgan fingerprint density at radius 1 is 1.54 bits per heavy atom. The van der Waals surface area contributed by atoms with Crippen LogP contribution in [0.1, 0.15) is 12.5 Å². The molecule has 1 aromatic carbocycles. The van der Waals surface area contributed by atoms with E-state index in [0.29, 0.717) is 0 Å². The average Bonchev–Trinajstić information content (AvgIpc) is 2.52. The second-order valence-electron chi connectivity index (χ2n) is 2.71. The van der Waals surface area contributed by atoms with Gasteiger partial charge in [-0.25, -0.2) is 0 Å². The van der Waals surface area contributed by atoms with Crippen molar-refractivity contribution >= 4 is 27.9 Å². The van der Waals surface area contributed by atoms with E-state index < -0.39 is 0 Å². The van der Waals surface area contributed by atoms with Crippen LogP contribution in [0.4, 0.5) is 5.69 Å². The topological polar surface area (TPSA) is 29.1 Å². The van der Waals surface area contributed by atoms with Gasteiger partial charge in [-0.3, -0.25) is 0 Å². The fourth-order valence-corrected chi connectivity index (χ4v) is 1.68. The van der Waals surface area contributed by atoms with E-state index >= 15 is 0 Å². The van der Waals surface area contributed by atoms with E-state index in [1.54, 1.807) is 0 Å². The number of benzene rings is 1. The molecule has 70 valence electrons. The van der Waals surface area contributed by atoms with Crippen molar-refractivity contribution in [2.24, 2.45) is 0 Å². The highest BCUT2D eigenvalue weighted by molar-refractivity contribution is 9.10. The molecule has 0 spiro atoms. The maximum atomic E-state index is 8.81. The van der Waals surface area contributed by atoms with Gasteiger partial charge in [0.05, 0.1) is 0 Å². The summed E-state index contributed by atoms with van der Waals surface area (Å²) < 4.78 is 1.18. The number of fused-ring (bicyclic) bond motifs is 1. The first kappa shape index (κ1) is 10.3. The lowest BCUT2D eigenvalue weighted by atomic mass is 10.2. The fraction of sp³-hybridized carbons (Fsp3) is 0.300. The molecular weight excluding hydrogens is 230 g/mol. The lowest BCUT2D eigenvalue weighted by Crippen LogP contribution is -1.90. The number of hydrogen-bond donors (Lipinski definition) is 1. The predicted octanol–water partition coefficient (Wildman–Crippen LogP) is 2.62. The molecule has 0 radical (unpaired) electrons. The normalized spacial score (nSPS) is 12.2. The smallest absolute Gasteiger partial charge is 0.116 e. The fourth-order valence-electron chi connectivity index (χ4n) is 1.27. The molecule has 0 saturated carbocycles. The number of carbonyl (C=O) groups excluding carboxylic acids is 1. The van der Waals surface area contributed by atoms with Crippen molar-refractivity contribution in [3.8, 4) is 0 Å². The monoisotopic (exact) mass is 241 g/mol. The molecule has 0 fully saturated rings. The van der Waals surface area contributed by atoms with Crippen molar-refractivity contribution in [3.63, 3.8) is 0 Å². The van der Waals surface area contributed by atoms with E-state index in [1.165, 1.54) is 22.6 Å². The first-order valence-corrected chi connectivity index (χ1v) is 4.99. The molecule has 0 saturated heterocycles. The molecule has 0 atom stereocenters. The Morgan fingerprint density at radius 2 is 2.23 bits per heavy atom. The lowest BCUT2D eigenvalue weighted by Gasteiger charge is -1.97. The van der Waals surface area contributed by atoms with Crippen LogP contribution in [0, 0.1) is 0 Å². The van der Waals surface area contributed by atoms with Crippen molar-refractivity contribution in [3.05, 3.63) is 28.2 Å². The minimum Gasteiger partial charge on any atom is -0.384 e. The molecule has 2 rings (SSSR count). The van der Waals surface area contributed by atoms with E-state index in [-0.39, 0.29) is 0 Å². The number of hydrogen-bond acceptors (Lipinski definition) is 2. The molecular formula is C10H12BrNO. The Morgan fingerprint density at radius 3 is 2.92 bits per heavy atom. The standard InChI is InChI=1S/C8H8BrN.C2H4O/c9-7-1-2-8-6(5-7)3-4-10-8;1-2-3/h1-2,5,10H,3-4H2;2H,1H3. The van der Waals surface area contributed by atoms with Crippen LogP contribution in [0.5, 0.6) is 0 Å². The molecule has 1 N–H and O–H groups in total. The molecule has 0 amide bonds. The number of carbonyl (C=O) groups is 1. The van der Waals surface area contributed by atoms with Crippen LogP contribution < -0.4 is 5.32 Å². The minimum absolute atomic E-state index is 0.750. The van der Waals surface area contributed by atoms with Gasteiger partial charge >= 0.3 is 0 Å². The van der Waals surface area contributed by atoms with Crippen LogP contribution in [0.25, 0.3) is 0 Å². The third-order valence-corrected chi connectivity index (χ3v) is 2.27. The maximum absolute atomic E-state index is 8.81. The zero-order valence-electron chi connectivity index (χ0n) is 7.51. The van der Waals surface area contributed by atoms with Crippen LogP contribution >= 0.6 is 15.9 Å². The second-order valence-corrected chi connectivity index (χ2v) is 3.63. The molecule has 1 aliphatic heterocycles. The van der Waals surface area contributed by atoms with Gasteiger partial charge in [0.2, 0.25) is 0 Å². The Hall–Kier alpha value is -0.830. The molecule has 13 heavy (non-hydrogen) atoms. The quantitative estimate of drug-likeness (QED) is 0.708. The van der Waals surface area contributed by atoms with Crippen LogP contribution in [0.2, 0.25) is 0 Å². The van der Waals surface area contributed by atoms with Gasteiger partial charge in [-0.15, -0.1) is 0 Å². The molecule has 3 heteroatoms. The first-order chi connectivity index (χ1) is 6.27. The van der Waals surface area contributed by atoms with Gasteiger partial charge in [-0.2, -0.15) is 0 Å². The Bertz CT molecular complexity index is 299. The molecule has 1 aliphatic rings.